The molecule has 0 aromatic heterocycles. The molecule has 0 aliphatic carbocycles. The van der Waals surface area contributed by atoms with Gasteiger partial charge in [0.1, 0.15) is 5.82 Å². The quantitative estimate of drug-likeness (QED) is 0.774. The Morgan fingerprint density at radius 2 is 2.05 bits per heavy atom. The van der Waals surface area contributed by atoms with Crippen LogP contribution in [-0.2, 0) is 10.2 Å². The van der Waals surface area contributed by atoms with Crippen LogP contribution < -0.4 is 0 Å². The van der Waals surface area contributed by atoms with Gasteiger partial charge in [0, 0.05) is 18.8 Å². The molecule has 4 heteroatoms. The van der Waals surface area contributed by atoms with Crippen LogP contribution >= 0.6 is 0 Å². The van der Waals surface area contributed by atoms with Gasteiger partial charge in [0.25, 0.3) is 0 Å². The molecule has 1 spiro atoms. The topological polar surface area (TPSA) is 32.7 Å². The van der Waals surface area contributed by atoms with Crippen molar-refractivity contribution in [2.45, 2.75) is 39.2 Å². The second-order valence-electron chi connectivity index (χ2n) is 6.54. The molecule has 0 N–H and O–H groups in total. The molecule has 1 atom stereocenters. The van der Waals surface area contributed by atoms with Crippen LogP contribution in [0.25, 0.3) is 0 Å². The number of likely N-dealkylation sites (tertiary alicyclic amines) is 1. The Balaban J connectivity index is 2.18. The summed E-state index contributed by atoms with van der Waals surface area (Å²) >= 11 is 0. The lowest BCUT2D eigenvalue weighted by molar-refractivity contribution is -0.136. The SMILES string of the molecule is CC(C)N1C[C@@]2(C=Nc3ccc(F)cc32)C(C)(C)C1=O. The average molecular weight is 274 g/mol. The van der Waals surface area contributed by atoms with Gasteiger partial charge in [-0.1, -0.05) is 0 Å². The van der Waals surface area contributed by atoms with E-state index in [4.69, 9.17) is 0 Å². The summed E-state index contributed by atoms with van der Waals surface area (Å²) in [5.41, 5.74) is 0.475. The summed E-state index contributed by atoms with van der Waals surface area (Å²) in [6, 6.07) is 4.77. The lowest BCUT2D eigenvalue weighted by atomic mass is 9.65. The monoisotopic (exact) mass is 274 g/mol. The summed E-state index contributed by atoms with van der Waals surface area (Å²) in [6.07, 6.45) is 1.84. The number of aliphatic imine (C=N–C) groups is 1. The van der Waals surface area contributed by atoms with E-state index < -0.39 is 10.8 Å². The van der Waals surface area contributed by atoms with Crippen LogP contribution in [0.3, 0.4) is 0 Å². The molecule has 1 amide bonds. The molecular formula is C16H19FN2O. The van der Waals surface area contributed by atoms with E-state index in [2.05, 4.69) is 4.99 Å². The highest BCUT2D eigenvalue weighted by Crippen LogP contribution is 2.53. The minimum Gasteiger partial charge on any atom is -0.338 e. The van der Waals surface area contributed by atoms with Crippen LogP contribution in [0.5, 0.6) is 0 Å². The molecule has 2 aliphatic heterocycles. The number of amides is 1. The number of rotatable bonds is 1. The van der Waals surface area contributed by atoms with Crippen molar-refractivity contribution in [3.05, 3.63) is 29.6 Å². The van der Waals surface area contributed by atoms with Crippen LogP contribution in [0.4, 0.5) is 10.1 Å². The maximum Gasteiger partial charge on any atom is 0.229 e. The summed E-state index contributed by atoms with van der Waals surface area (Å²) < 4.78 is 13.6. The third-order valence-electron chi connectivity index (χ3n) is 4.82. The lowest BCUT2D eigenvalue weighted by Crippen LogP contribution is -2.42. The molecular weight excluding hydrogens is 255 g/mol. The van der Waals surface area contributed by atoms with Crippen molar-refractivity contribution in [1.29, 1.82) is 0 Å². The van der Waals surface area contributed by atoms with Crippen LogP contribution in [0, 0.1) is 11.2 Å². The van der Waals surface area contributed by atoms with Gasteiger partial charge in [-0.2, -0.15) is 0 Å². The number of hydrogen-bond acceptors (Lipinski definition) is 2. The molecule has 0 radical (unpaired) electrons. The van der Waals surface area contributed by atoms with E-state index in [9.17, 15) is 9.18 Å². The van der Waals surface area contributed by atoms with Crippen LogP contribution in [-0.4, -0.2) is 29.6 Å². The van der Waals surface area contributed by atoms with Crippen molar-refractivity contribution >= 4 is 17.8 Å². The molecule has 20 heavy (non-hydrogen) atoms. The molecule has 106 valence electrons. The van der Waals surface area contributed by atoms with Gasteiger partial charge in [-0.05, 0) is 51.5 Å². The predicted octanol–water partition coefficient (Wildman–Crippen LogP) is 3.06. The Morgan fingerprint density at radius 1 is 1.35 bits per heavy atom. The Morgan fingerprint density at radius 3 is 2.65 bits per heavy atom. The molecule has 2 heterocycles. The predicted molar refractivity (Wildman–Crippen MR) is 76.9 cm³/mol. The van der Waals surface area contributed by atoms with E-state index in [1.807, 2.05) is 38.8 Å². The van der Waals surface area contributed by atoms with Crippen molar-refractivity contribution in [2.24, 2.45) is 10.4 Å². The second kappa shape index (κ2) is 3.90. The standard InChI is InChI=1S/C16H19FN2O/c1-10(2)19-9-16(15(3,4)14(19)20)8-18-13-6-5-11(17)7-12(13)16/h5-8,10H,9H2,1-4H3/t16-/m1/s1. The zero-order valence-corrected chi connectivity index (χ0v) is 12.3. The van der Waals surface area contributed by atoms with Gasteiger partial charge < -0.3 is 4.90 Å². The minimum atomic E-state index is -0.611. The maximum atomic E-state index is 13.6. The van der Waals surface area contributed by atoms with Gasteiger partial charge in [0.2, 0.25) is 5.91 Å². The largest absolute Gasteiger partial charge is 0.338 e. The number of hydrogen-bond donors (Lipinski definition) is 0. The number of carbonyl (C=O) groups is 1. The first-order valence-corrected chi connectivity index (χ1v) is 6.96. The number of carbonyl (C=O) groups excluding carboxylic acids is 1. The highest BCUT2D eigenvalue weighted by atomic mass is 19.1. The van der Waals surface area contributed by atoms with Crippen LogP contribution in [0.2, 0.25) is 0 Å². The highest BCUT2D eigenvalue weighted by Gasteiger charge is 2.60. The highest BCUT2D eigenvalue weighted by molar-refractivity contribution is 5.99. The minimum absolute atomic E-state index is 0.107. The molecule has 1 aromatic carbocycles. The van der Waals surface area contributed by atoms with Gasteiger partial charge in [0.15, 0.2) is 0 Å². The zero-order valence-electron chi connectivity index (χ0n) is 12.3. The van der Waals surface area contributed by atoms with E-state index in [0.29, 0.717) is 6.54 Å². The average Bonchev–Trinajstić information content (AvgIpc) is 2.83. The first-order valence-electron chi connectivity index (χ1n) is 6.96. The van der Waals surface area contributed by atoms with Crippen molar-refractivity contribution in [1.82, 2.24) is 4.90 Å². The summed E-state index contributed by atoms with van der Waals surface area (Å²) in [4.78, 5) is 19.0. The van der Waals surface area contributed by atoms with Crippen molar-refractivity contribution < 1.29 is 9.18 Å². The third kappa shape index (κ3) is 1.45. The normalized spacial score (nSPS) is 26.9. The van der Waals surface area contributed by atoms with Gasteiger partial charge in [0.05, 0.1) is 16.5 Å². The van der Waals surface area contributed by atoms with E-state index in [-0.39, 0.29) is 17.8 Å². The second-order valence-corrected chi connectivity index (χ2v) is 6.54. The molecule has 3 rings (SSSR count). The van der Waals surface area contributed by atoms with E-state index >= 15 is 0 Å². The van der Waals surface area contributed by atoms with E-state index in [0.717, 1.165) is 11.3 Å². The summed E-state index contributed by atoms with van der Waals surface area (Å²) in [5, 5.41) is 0. The van der Waals surface area contributed by atoms with Crippen molar-refractivity contribution in [3.8, 4) is 0 Å². The fraction of sp³-hybridized carbons (Fsp3) is 0.500. The molecule has 1 aromatic rings. The summed E-state index contributed by atoms with van der Waals surface area (Å²) in [6.45, 7) is 8.45. The van der Waals surface area contributed by atoms with E-state index in [1.54, 1.807) is 6.07 Å². The number of benzene rings is 1. The van der Waals surface area contributed by atoms with Crippen molar-refractivity contribution in [3.63, 3.8) is 0 Å². The van der Waals surface area contributed by atoms with Gasteiger partial charge >= 0.3 is 0 Å². The van der Waals surface area contributed by atoms with Crippen LogP contribution in [0.15, 0.2) is 23.2 Å². The van der Waals surface area contributed by atoms with Gasteiger partial charge in [-0.25, -0.2) is 4.39 Å². The Labute approximate surface area is 118 Å². The summed E-state index contributed by atoms with van der Waals surface area (Å²) in [7, 11) is 0. The molecule has 1 saturated heterocycles. The number of nitrogens with zero attached hydrogens (tertiary/aromatic N) is 2. The zero-order chi connectivity index (χ0) is 14.7. The van der Waals surface area contributed by atoms with Crippen molar-refractivity contribution in [2.75, 3.05) is 6.54 Å². The maximum absolute atomic E-state index is 13.6. The van der Waals surface area contributed by atoms with Gasteiger partial charge in [-0.3, -0.25) is 9.79 Å². The molecule has 1 fully saturated rings. The Bertz CT molecular complexity index is 621. The summed E-state index contributed by atoms with van der Waals surface area (Å²) in [5.74, 6) is -0.170. The number of halogens is 1. The fourth-order valence-corrected chi connectivity index (χ4v) is 3.36. The molecule has 0 unspecified atom stereocenters. The molecule has 3 nitrogen and oxygen atoms in total. The molecule has 0 bridgehead atoms. The smallest absolute Gasteiger partial charge is 0.229 e. The van der Waals surface area contributed by atoms with Gasteiger partial charge in [-0.15, -0.1) is 0 Å². The third-order valence-corrected chi connectivity index (χ3v) is 4.82. The number of fused-ring (bicyclic) bond motifs is 2. The Hall–Kier alpha value is -1.71. The first-order chi connectivity index (χ1) is 9.29. The fourth-order valence-electron chi connectivity index (χ4n) is 3.36. The van der Waals surface area contributed by atoms with Crippen LogP contribution in [0.1, 0.15) is 33.3 Å². The molecule has 2 aliphatic rings. The first kappa shape index (κ1) is 13.3. The molecule has 0 saturated carbocycles. The Kier molecular flexibility index (Phi) is 2.59. The van der Waals surface area contributed by atoms with E-state index in [1.165, 1.54) is 12.1 Å². The lowest BCUT2D eigenvalue weighted by Gasteiger charge is -2.33.